The van der Waals surface area contributed by atoms with E-state index in [2.05, 4.69) is 16.9 Å². The Morgan fingerprint density at radius 1 is 1.17 bits per heavy atom. The number of phenols is 1. The fourth-order valence-corrected chi connectivity index (χ4v) is 7.50. The molecule has 0 aliphatic heterocycles. The van der Waals surface area contributed by atoms with Crippen LogP contribution in [0.5, 0.6) is 11.5 Å². The number of sulfonamides is 1. The Labute approximate surface area is 207 Å². The SMILES string of the molecule is CCOc1cc2c(cc1O)/C(=N/NS(=O)(=O)c1ccc(C)cc1)CC1C2CCC2(C)C(O)CCC12. The molecule has 0 spiro atoms. The van der Waals surface area contributed by atoms with Crippen molar-refractivity contribution in [3.63, 3.8) is 0 Å². The summed E-state index contributed by atoms with van der Waals surface area (Å²) in [4.78, 5) is 2.59. The molecule has 188 valence electrons. The second-order valence-corrected chi connectivity index (χ2v) is 12.2. The van der Waals surface area contributed by atoms with Gasteiger partial charge < -0.3 is 14.9 Å². The molecular formula is C27H34N2O5S. The van der Waals surface area contributed by atoms with Gasteiger partial charge in [0.1, 0.15) is 0 Å². The van der Waals surface area contributed by atoms with Crippen LogP contribution in [0.25, 0.3) is 0 Å². The molecule has 0 aromatic heterocycles. The summed E-state index contributed by atoms with van der Waals surface area (Å²) >= 11 is 0. The van der Waals surface area contributed by atoms with Crippen LogP contribution in [0.1, 0.15) is 68.6 Å². The van der Waals surface area contributed by atoms with Gasteiger partial charge in [-0.3, -0.25) is 0 Å². The van der Waals surface area contributed by atoms with Crippen LogP contribution in [0.2, 0.25) is 0 Å². The summed E-state index contributed by atoms with van der Waals surface area (Å²) in [5, 5.41) is 25.8. The number of aromatic hydroxyl groups is 1. The third-order valence-corrected chi connectivity index (χ3v) is 9.81. The lowest BCUT2D eigenvalue weighted by molar-refractivity contribution is -0.0177. The highest BCUT2D eigenvalue weighted by Gasteiger charge is 2.55. The lowest BCUT2D eigenvalue weighted by atomic mass is 9.55. The molecule has 2 aromatic carbocycles. The smallest absolute Gasteiger partial charge is 0.276 e. The van der Waals surface area contributed by atoms with Crippen molar-refractivity contribution in [3.8, 4) is 11.5 Å². The summed E-state index contributed by atoms with van der Waals surface area (Å²) in [6.45, 7) is 6.41. The number of ether oxygens (including phenoxy) is 1. The maximum absolute atomic E-state index is 12.9. The number of benzene rings is 2. The second kappa shape index (κ2) is 8.82. The average Bonchev–Trinajstić information content (AvgIpc) is 3.13. The van der Waals surface area contributed by atoms with Crippen LogP contribution in [0.3, 0.4) is 0 Å². The minimum atomic E-state index is -3.84. The predicted molar refractivity (Wildman–Crippen MR) is 134 cm³/mol. The topological polar surface area (TPSA) is 108 Å². The molecule has 2 fully saturated rings. The Kier molecular flexibility index (Phi) is 6.08. The molecule has 0 heterocycles. The molecule has 3 aliphatic carbocycles. The van der Waals surface area contributed by atoms with Gasteiger partial charge in [0, 0.05) is 5.56 Å². The van der Waals surface area contributed by atoms with Gasteiger partial charge in [-0.25, -0.2) is 0 Å². The van der Waals surface area contributed by atoms with Gasteiger partial charge in [0.05, 0.1) is 23.3 Å². The number of aliphatic hydroxyl groups is 1. The summed E-state index contributed by atoms with van der Waals surface area (Å²) in [7, 11) is -3.84. The van der Waals surface area contributed by atoms with Crippen molar-refractivity contribution in [1.29, 1.82) is 0 Å². The molecule has 2 aromatic rings. The first-order valence-electron chi connectivity index (χ1n) is 12.5. The van der Waals surface area contributed by atoms with Crippen LogP contribution in [-0.4, -0.2) is 37.1 Å². The highest BCUT2D eigenvalue weighted by atomic mass is 32.2. The molecule has 0 radical (unpaired) electrons. The Morgan fingerprint density at radius 3 is 2.63 bits per heavy atom. The van der Waals surface area contributed by atoms with Crippen LogP contribution in [0, 0.1) is 24.2 Å². The van der Waals surface area contributed by atoms with Crippen LogP contribution >= 0.6 is 0 Å². The van der Waals surface area contributed by atoms with E-state index in [9.17, 15) is 18.6 Å². The van der Waals surface area contributed by atoms with Gasteiger partial charge in [-0.2, -0.15) is 18.4 Å². The molecule has 0 saturated heterocycles. The summed E-state index contributed by atoms with van der Waals surface area (Å²) in [6.07, 6.45) is 3.90. The molecule has 5 rings (SSSR count). The molecule has 3 aliphatic rings. The summed E-state index contributed by atoms with van der Waals surface area (Å²) in [5.74, 6) is 1.27. The van der Waals surface area contributed by atoms with Gasteiger partial charge in [0.15, 0.2) is 11.5 Å². The minimum Gasteiger partial charge on any atom is -0.504 e. The Balaban J connectivity index is 1.56. The molecule has 0 amide bonds. The number of phenolic OH excluding ortho intramolecular Hbond substituents is 1. The maximum atomic E-state index is 12.9. The molecular weight excluding hydrogens is 464 g/mol. The van der Waals surface area contributed by atoms with Crippen LogP contribution in [-0.2, 0) is 10.0 Å². The molecule has 2 saturated carbocycles. The highest BCUT2D eigenvalue weighted by Crippen LogP contribution is 2.61. The molecule has 5 unspecified atom stereocenters. The molecule has 8 heteroatoms. The zero-order valence-electron chi connectivity index (χ0n) is 20.5. The summed E-state index contributed by atoms with van der Waals surface area (Å²) < 4.78 is 31.6. The van der Waals surface area contributed by atoms with Crippen molar-refractivity contribution in [2.45, 2.75) is 69.8 Å². The average molecular weight is 499 g/mol. The lowest BCUT2D eigenvalue weighted by Crippen LogP contribution is -2.45. The first kappa shape index (κ1) is 24.1. The van der Waals surface area contributed by atoms with E-state index in [1.807, 2.05) is 19.9 Å². The normalized spacial score (nSPS) is 30.9. The van der Waals surface area contributed by atoms with Gasteiger partial charge >= 0.3 is 0 Å². The van der Waals surface area contributed by atoms with Gasteiger partial charge in [-0.15, -0.1) is 0 Å². The number of rotatable bonds is 5. The highest BCUT2D eigenvalue weighted by molar-refractivity contribution is 7.89. The fourth-order valence-electron chi connectivity index (χ4n) is 6.67. The number of aliphatic hydroxyl groups excluding tert-OH is 1. The Morgan fingerprint density at radius 2 is 1.91 bits per heavy atom. The van der Waals surface area contributed by atoms with E-state index < -0.39 is 10.0 Å². The Bertz CT molecular complexity index is 1260. The van der Waals surface area contributed by atoms with Crippen molar-refractivity contribution in [3.05, 3.63) is 53.1 Å². The number of fused-ring (bicyclic) bond motifs is 5. The van der Waals surface area contributed by atoms with E-state index in [4.69, 9.17) is 4.74 Å². The van der Waals surface area contributed by atoms with E-state index in [1.54, 1.807) is 30.3 Å². The lowest BCUT2D eigenvalue weighted by Gasteiger charge is -2.50. The Hall–Kier alpha value is -2.58. The van der Waals surface area contributed by atoms with E-state index in [1.165, 1.54) is 0 Å². The first-order chi connectivity index (χ1) is 16.6. The van der Waals surface area contributed by atoms with E-state index in [-0.39, 0.29) is 34.0 Å². The van der Waals surface area contributed by atoms with Gasteiger partial charge in [-0.1, -0.05) is 24.6 Å². The first-order valence-corrected chi connectivity index (χ1v) is 14.0. The van der Waals surface area contributed by atoms with E-state index >= 15 is 0 Å². The molecule has 5 atom stereocenters. The van der Waals surface area contributed by atoms with Crippen LogP contribution < -0.4 is 9.57 Å². The van der Waals surface area contributed by atoms with Crippen LogP contribution in [0.4, 0.5) is 0 Å². The maximum Gasteiger partial charge on any atom is 0.276 e. The number of nitrogens with one attached hydrogen (secondary N) is 1. The number of hydrogen-bond donors (Lipinski definition) is 3. The number of hydrazone groups is 1. The molecule has 0 bridgehead atoms. The van der Waals surface area contributed by atoms with Crippen molar-refractivity contribution in [1.82, 2.24) is 4.83 Å². The van der Waals surface area contributed by atoms with E-state index in [0.29, 0.717) is 30.4 Å². The summed E-state index contributed by atoms with van der Waals surface area (Å²) in [6, 6.07) is 10.2. The predicted octanol–water partition coefficient (Wildman–Crippen LogP) is 4.46. The monoisotopic (exact) mass is 498 g/mol. The molecule has 7 nitrogen and oxygen atoms in total. The van der Waals surface area contributed by atoms with Crippen molar-refractivity contribution in [2.75, 3.05) is 6.61 Å². The number of aryl methyl sites for hydroxylation is 1. The second-order valence-electron chi connectivity index (χ2n) is 10.5. The molecule has 3 N–H and O–H groups in total. The third-order valence-electron chi connectivity index (χ3n) is 8.59. The van der Waals surface area contributed by atoms with Gasteiger partial charge in [0.2, 0.25) is 0 Å². The standard InChI is InChI=1S/C27H34N2O5S/c1-4-34-25-15-19-18-11-12-27(3)22(9-10-26(27)31)20(18)13-23(21(19)14-24(25)30)28-29-35(32,33)17-7-5-16(2)6-8-17/h5-8,14-15,18,20,22,26,29-31H,4,9-13H2,1-3H3/b28-23+. The third kappa shape index (κ3) is 4.10. The van der Waals surface area contributed by atoms with Crippen molar-refractivity contribution in [2.24, 2.45) is 22.4 Å². The minimum absolute atomic E-state index is 0.0232. The summed E-state index contributed by atoms with van der Waals surface area (Å²) in [5.41, 5.74) is 3.26. The van der Waals surface area contributed by atoms with Crippen molar-refractivity contribution < 1.29 is 23.4 Å². The quantitative estimate of drug-likeness (QED) is 0.528. The fraction of sp³-hybridized carbons (Fsp3) is 0.519. The van der Waals surface area contributed by atoms with Gasteiger partial charge in [-0.05, 0) is 98.9 Å². The number of nitrogens with zero attached hydrogens (tertiary/aromatic N) is 1. The largest absolute Gasteiger partial charge is 0.504 e. The van der Waals surface area contributed by atoms with Crippen molar-refractivity contribution >= 4 is 15.7 Å². The molecule has 35 heavy (non-hydrogen) atoms. The number of hydrogen-bond acceptors (Lipinski definition) is 6. The van der Waals surface area contributed by atoms with Crippen LogP contribution in [0.15, 0.2) is 46.4 Å². The van der Waals surface area contributed by atoms with Gasteiger partial charge in [0.25, 0.3) is 10.0 Å². The zero-order chi connectivity index (χ0) is 25.0. The van der Waals surface area contributed by atoms with E-state index in [0.717, 1.165) is 42.4 Å². The zero-order valence-corrected chi connectivity index (χ0v) is 21.3.